The van der Waals surface area contributed by atoms with E-state index >= 15 is 0 Å². The minimum atomic E-state index is 0.162. The Morgan fingerprint density at radius 1 is 1.00 bits per heavy atom. The van der Waals surface area contributed by atoms with Crippen LogP contribution in [-0.2, 0) is 4.74 Å². The minimum Gasteiger partial charge on any atom is -0.380 e. The zero-order valence-corrected chi connectivity index (χ0v) is 10.8. The van der Waals surface area contributed by atoms with E-state index in [4.69, 9.17) is 10.5 Å². The molecule has 0 aliphatic carbocycles. The summed E-state index contributed by atoms with van der Waals surface area (Å²) >= 11 is 0. The number of ether oxygens (including phenoxy) is 1. The summed E-state index contributed by atoms with van der Waals surface area (Å²) in [6, 6.07) is 0.162. The molecule has 0 aromatic heterocycles. The van der Waals surface area contributed by atoms with Crippen LogP contribution in [0, 0.1) is 0 Å². The first-order valence-corrected chi connectivity index (χ1v) is 6.50. The molecule has 0 aromatic carbocycles. The van der Waals surface area contributed by atoms with Gasteiger partial charge in [-0.05, 0) is 13.3 Å². The number of hydrogen-bond donors (Lipinski definition) is 1. The van der Waals surface area contributed by atoms with Crippen LogP contribution in [0.4, 0.5) is 0 Å². The summed E-state index contributed by atoms with van der Waals surface area (Å²) in [4.78, 5) is 0. The van der Waals surface area contributed by atoms with Gasteiger partial charge in [-0.2, -0.15) is 0 Å². The topological polar surface area (TPSA) is 35.2 Å². The van der Waals surface area contributed by atoms with Crippen molar-refractivity contribution >= 4 is 0 Å². The fourth-order valence-electron chi connectivity index (χ4n) is 1.90. The molecule has 0 saturated carbocycles. The lowest BCUT2D eigenvalue weighted by molar-refractivity contribution is 0.0757. The van der Waals surface area contributed by atoms with Gasteiger partial charge in [0.15, 0.2) is 0 Å². The van der Waals surface area contributed by atoms with Crippen molar-refractivity contribution in [3.8, 4) is 0 Å². The van der Waals surface area contributed by atoms with Gasteiger partial charge in [0.25, 0.3) is 0 Å². The van der Waals surface area contributed by atoms with Gasteiger partial charge >= 0.3 is 0 Å². The molecule has 0 rings (SSSR count). The van der Waals surface area contributed by atoms with Crippen LogP contribution in [0.1, 0.15) is 65.2 Å². The lowest BCUT2D eigenvalue weighted by Gasteiger charge is -2.18. The highest BCUT2D eigenvalue weighted by atomic mass is 16.5. The number of nitrogens with two attached hydrogens (primary N) is 1. The van der Waals surface area contributed by atoms with E-state index in [0.29, 0.717) is 0 Å². The van der Waals surface area contributed by atoms with E-state index in [9.17, 15) is 0 Å². The first kappa shape index (κ1) is 14.9. The Hall–Kier alpha value is -0.0800. The highest BCUT2D eigenvalue weighted by Crippen LogP contribution is 2.11. The SMILES string of the molecule is CCCCCCCCCC(OC)C(C)N. The number of rotatable bonds is 10. The van der Waals surface area contributed by atoms with Gasteiger partial charge in [-0.15, -0.1) is 0 Å². The molecule has 0 bridgehead atoms. The number of methoxy groups -OCH3 is 1. The highest BCUT2D eigenvalue weighted by molar-refractivity contribution is 4.67. The third-order valence-electron chi connectivity index (χ3n) is 2.98. The van der Waals surface area contributed by atoms with E-state index in [2.05, 4.69) is 6.92 Å². The maximum absolute atomic E-state index is 5.80. The second kappa shape index (κ2) is 10.4. The zero-order valence-electron chi connectivity index (χ0n) is 10.8. The van der Waals surface area contributed by atoms with E-state index in [1.807, 2.05) is 6.92 Å². The van der Waals surface area contributed by atoms with Crippen molar-refractivity contribution in [2.45, 2.75) is 77.4 Å². The number of unbranched alkanes of at least 4 members (excludes halogenated alkanes) is 6. The summed E-state index contributed by atoms with van der Waals surface area (Å²) < 4.78 is 5.33. The van der Waals surface area contributed by atoms with Crippen LogP contribution in [0.25, 0.3) is 0 Å². The monoisotopic (exact) mass is 215 g/mol. The molecule has 15 heavy (non-hydrogen) atoms. The van der Waals surface area contributed by atoms with Gasteiger partial charge in [0, 0.05) is 13.2 Å². The molecule has 0 radical (unpaired) electrons. The van der Waals surface area contributed by atoms with Crippen LogP contribution in [0.15, 0.2) is 0 Å². The van der Waals surface area contributed by atoms with Crippen molar-refractivity contribution in [1.82, 2.24) is 0 Å². The third kappa shape index (κ3) is 8.88. The molecular formula is C13H29NO. The average molecular weight is 215 g/mol. The van der Waals surface area contributed by atoms with Crippen LogP contribution in [0.3, 0.4) is 0 Å². The molecule has 0 amide bonds. The second-order valence-electron chi connectivity index (χ2n) is 4.54. The molecule has 0 spiro atoms. The smallest absolute Gasteiger partial charge is 0.0719 e. The fraction of sp³-hybridized carbons (Fsp3) is 1.00. The highest BCUT2D eigenvalue weighted by Gasteiger charge is 2.11. The molecule has 2 heteroatoms. The lowest BCUT2D eigenvalue weighted by Crippen LogP contribution is -2.33. The van der Waals surface area contributed by atoms with Crippen molar-refractivity contribution in [2.24, 2.45) is 5.73 Å². The summed E-state index contributed by atoms with van der Waals surface area (Å²) in [6.45, 7) is 4.28. The van der Waals surface area contributed by atoms with Gasteiger partial charge in [0.05, 0.1) is 6.10 Å². The van der Waals surface area contributed by atoms with Crippen molar-refractivity contribution in [3.05, 3.63) is 0 Å². The Bertz CT molecular complexity index is 126. The maximum atomic E-state index is 5.80. The van der Waals surface area contributed by atoms with Gasteiger partial charge in [0.1, 0.15) is 0 Å². The summed E-state index contributed by atoms with van der Waals surface area (Å²) in [5.74, 6) is 0. The van der Waals surface area contributed by atoms with E-state index in [0.717, 1.165) is 6.42 Å². The lowest BCUT2D eigenvalue weighted by atomic mass is 10.0. The van der Waals surface area contributed by atoms with Gasteiger partial charge in [0.2, 0.25) is 0 Å². The quantitative estimate of drug-likeness (QED) is 0.566. The van der Waals surface area contributed by atoms with Crippen LogP contribution in [0.5, 0.6) is 0 Å². The predicted molar refractivity (Wildman–Crippen MR) is 67.1 cm³/mol. The van der Waals surface area contributed by atoms with E-state index < -0.39 is 0 Å². The van der Waals surface area contributed by atoms with Gasteiger partial charge in [-0.3, -0.25) is 0 Å². The predicted octanol–water partition coefficient (Wildman–Crippen LogP) is 3.49. The van der Waals surface area contributed by atoms with Gasteiger partial charge in [-0.1, -0.05) is 51.9 Å². The van der Waals surface area contributed by atoms with Crippen LogP contribution < -0.4 is 5.73 Å². The fourth-order valence-corrected chi connectivity index (χ4v) is 1.90. The molecule has 0 aliphatic heterocycles. The second-order valence-corrected chi connectivity index (χ2v) is 4.54. The summed E-state index contributed by atoms with van der Waals surface area (Å²) in [7, 11) is 1.76. The van der Waals surface area contributed by atoms with E-state index in [-0.39, 0.29) is 12.1 Å². The molecule has 0 heterocycles. The Morgan fingerprint density at radius 3 is 2.00 bits per heavy atom. The maximum Gasteiger partial charge on any atom is 0.0719 e. The Kier molecular flexibility index (Phi) is 10.4. The molecule has 92 valence electrons. The first-order valence-electron chi connectivity index (χ1n) is 6.50. The molecule has 0 fully saturated rings. The zero-order chi connectivity index (χ0) is 11.5. The normalized spacial score (nSPS) is 15.2. The third-order valence-corrected chi connectivity index (χ3v) is 2.98. The molecule has 2 atom stereocenters. The average Bonchev–Trinajstić information content (AvgIpc) is 2.21. The summed E-state index contributed by atoms with van der Waals surface area (Å²) in [5.41, 5.74) is 5.80. The van der Waals surface area contributed by atoms with Gasteiger partial charge in [-0.25, -0.2) is 0 Å². The Labute approximate surface area is 95.6 Å². The van der Waals surface area contributed by atoms with E-state index in [1.54, 1.807) is 7.11 Å². The minimum absolute atomic E-state index is 0.162. The molecule has 0 aromatic rings. The molecule has 2 nitrogen and oxygen atoms in total. The van der Waals surface area contributed by atoms with Crippen molar-refractivity contribution in [3.63, 3.8) is 0 Å². The van der Waals surface area contributed by atoms with Crippen LogP contribution in [-0.4, -0.2) is 19.3 Å². The van der Waals surface area contributed by atoms with Crippen molar-refractivity contribution in [2.75, 3.05) is 7.11 Å². The molecule has 2 unspecified atom stereocenters. The summed E-state index contributed by atoms with van der Waals surface area (Å²) in [5, 5.41) is 0. The molecular weight excluding hydrogens is 186 g/mol. The molecule has 0 saturated heterocycles. The van der Waals surface area contributed by atoms with Crippen LogP contribution in [0.2, 0.25) is 0 Å². The Morgan fingerprint density at radius 2 is 1.53 bits per heavy atom. The standard InChI is InChI=1S/C13H29NO/c1-4-5-6-7-8-9-10-11-13(15-3)12(2)14/h12-13H,4-11,14H2,1-3H3. The van der Waals surface area contributed by atoms with Crippen molar-refractivity contribution in [1.29, 1.82) is 0 Å². The summed E-state index contributed by atoms with van der Waals surface area (Å²) in [6.07, 6.45) is 10.8. The van der Waals surface area contributed by atoms with Gasteiger partial charge < -0.3 is 10.5 Å². The number of hydrogen-bond acceptors (Lipinski definition) is 2. The van der Waals surface area contributed by atoms with E-state index in [1.165, 1.54) is 44.9 Å². The molecule has 0 aliphatic rings. The Balaban J connectivity index is 3.22. The first-order chi connectivity index (χ1) is 7.22. The largest absolute Gasteiger partial charge is 0.380 e. The van der Waals surface area contributed by atoms with Crippen molar-refractivity contribution < 1.29 is 4.74 Å². The molecule has 2 N–H and O–H groups in total. The van der Waals surface area contributed by atoms with Crippen LogP contribution >= 0.6 is 0 Å².